The van der Waals surface area contributed by atoms with Crippen LogP contribution in [-0.4, -0.2) is 29.3 Å². The Morgan fingerprint density at radius 1 is 1.53 bits per heavy atom. The molecular weight excluding hydrogens is 236 g/mol. The van der Waals surface area contributed by atoms with E-state index < -0.39 is 6.10 Å². The summed E-state index contributed by atoms with van der Waals surface area (Å²) in [7, 11) is 1.96. The normalized spacial score (nSPS) is 23.5. The summed E-state index contributed by atoms with van der Waals surface area (Å²) in [4.78, 5) is 3.32. The summed E-state index contributed by atoms with van der Waals surface area (Å²) in [5, 5.41) is 15.1. The maximum absolute atomic E-state index is 10.5. The average molecular weight is 256 g/mol. The van der Waals surface area contributed by atoms with Gasteiger partial charge in [-0.1, -0.05) is 24.3 Å². The zero-order valence-corrected chi connectivity index (χ0v) is 11.4. The Labute approximate surface area is 113 Å². The van der Waals surface area contributed by atoms with E-state index in [0.717, 1.165) is 17.5 Å². The maximum atomic E-state index is 10.5. The van der Waals surface area contributed by atoms with Gasteiger partial charge in [-0.05, 0) is 37.6 Å². The first-order valence-corrected chi connectivity index (χ1v) is 6.73. The molecule has 0 unspecified atom stereocenters. The zero-order chi connectivity index (χ0) is 13.6. The summed E-state index contributed by atoms with van der Waals surface area (Å²) in [5.41, 5.74) is 4.52. The first kappa shape index (κ1) is 12.5. The van der Waals surface area contributed by atoms with Gasteiger partial charge >= 0.3 is 0 Å². The van der Waals surface area contributed by atoms with Crippen molar-refractivity contribution < 1.29 is 5.11 Å². The van der Waals surface area contributed by atoms with E-state index >= 15 is 0 Å². The van der Waals surface area contributed by atoms with Crippen LogP contribution in [0.4, 0.5) is 0 Å². The Kier molecular flexibility index (Phi) is 2.96. The largest absolute Gasteiger partial charge is 0.388 e. The van der Waals surface area contributed by atoms with Gasteiger partial charge in [-0.25, -0.2) is 0 Å². The van der Waals surface area contributed by atoms with Crippen molar-refractivity contribution in [3.8, 4) is 0 Å². The zero-order valence-electron chi connectivity index (χ0n) is 11.4. The van der Waals surface area contributed by atoms with Crippen LogP contribution in [0.1, 0.15) is 24.0 Å². The predicted octanol–water partition coefficient (Wildman–Crippen LogP) is 2.33. The Balaban J connectivity index is 2.20. The van der Waals surface area contributed by atoms with Gasteiger partial charge < -0.3 is 15.4 Å². The lowest BCUT2D eigenvalue weighted by Crippen LogP contribution is -2.42. The molecule has 3 nitrogen and oxygen atoms in total. The van der Waals surface area contributed by atoms with E-state index in [1.165, 1.54) is 16.5 Å². The number of hydrogen-bond donors (Lipinski definition) is 3. The minimum atomic E-state index is -0.508. The molecule has 3 heteroatoms. The first-order chi connectivity index (χ1) is 9.13. The van der Waals surface area contributed by atoms with Crippen molar-refractivity contribution in [1.82, 2.24) is 10.3 Å². The molecule has 0 bridgehead atoms. The minimum absolute atomic E-state index is 0.0644. The van der Waals surface area contributed by atoms with Gasteiger partial charge in [-0.2, -0.15) is 0 Å². The summed E-state index contributed by atoms with van der Waals surface area (Å²) in [6.07, 6.45) is 2.51. The van der Waals surface area contributed by atoms with Crippen LogP contribution in [-0.2, 0) is 6.42 Å². The number of H-pyrrole nitrogens is 1. The molecule has 3 atom stereocenters. The molecule has 0 saturated carbocycles. The van der Waals surface area contributed by atoms with Gasteiger partial charge in [0.1, 0.15) is 0 Å². The number of rotatable bonds is 3. The number of aliphatic hydroxyl groups is 1. The lowest BCUT2D eigenvalue weighted by atomic mass is 9.76. The van der Waals surface area contributed by atoms with E-state index in [4.69, 9.17) is 0 Å². The molecule has 1 aromatic carbocycles. The van der Waals surface area contributed by atoms with Gasteiger partial charge in [-0.3, -0.25) is 0 Å². The third-order valence-corrected chi connectivity index (χ3v) is 4.27. The maximum Gasteiger partial charge on any atom is 0.0828 e. The molecule has 19 heavy (non-hydrogen) atoms. The molecule has 1 aliphatic carbocycles. The number of hydrogen-bond acceptors (Lipinski definition) is 2. The van der Waals surface area contributed by atoms with Crippen molar-refractivity contribution in [2.75, 3.05) is 7.05 Å². The van der Waals surface area contributed by atoms with Gasteiger partial charge in [0.15, 0.2) is 0 Å². The van der Waals surface area contributed by atoms with Crippen molar-refractivity contribution in [2.45, 2.75) is 31.4 Å². The monoisotopic (exact) mass is 256 g/mol. The Morgan fingerprint density at radius 2 is 2.32 bits per heavy atom. The van der Waals surface area contributed by atoms with Crippen molar-refractivity contribution in [1.29, 1.82) is 0 Å². The van der Waals surface area contributed by atoms with Crippen LogP contribution in [0.3, 0.4) is 0 Å². The standard InChI is InChI=1S/C16H20N2O/c1-9(2)16(19)15-11-5-4-6-12-14(11)10(8-18-12)7-13(15)17-3/h4-6,8,13,15-19H,1,7H2,2-3H3/t13-,15-,16+/m1/s1. The minimum Gasteiger partial charge on any atom is -0.388 e. The average Bonchev–Trinajstić information content (AvgIpc) is 2.82. The van der Waals surface area contributed by atoms with Crippen LogP contribution >= 0.6 is 0 Å². The summed E-state index contributed by atoms with van der Waals surface area (Å²) in [6.45, 7) is 5.81. The number of benzene rings is 1. The second-order valence-electron chi connectivity index (χ2n) is 5.50. The van der Waals surface area contributed by atoms with E-state index in [2.05, 4.69) is 35.2 Å². The smallest absolute Gasteiger partial charge is 0.0828 e. The molecule has 1 aromatic heterocycles. The van der Waals surface area contributed by atoms with Crippen LogP contribution < -0.4 is 5.32 Å². The van der Waals surface area contributed by atoms with Gasteiger partial charge in [0.25, 0.3) is 0 Å². The third-order valence-electron chi connectivity index (χ3n) is 4.27. The van der Waals surface area contributed by atoms with Crippen LogP contribution in [0.2, 0.25) is 0 Å². The highest BCUT2D eigenvalue weighted by Crippen LogP contribution is 2.39. The van der Waals surface area contributed by atoms with Gasteiger partial charge in [0.05, 0.1) is 6.10 Å². The Morgan fingerprint density at radius 3 is 3.00 bits per heavy atom. The molecule has 0 amide bonds. The van der Waals surface area contributed by atoms with Crippen LogP contribution in [0, 0.1) is 0 Å². The predicted molar refractivity (Wildman–Crippen MR) is 78.4 cm³/mol. The molecule has 0 fully saturated rings. The van der Waals surface area contributed by atoms with E-state index in [0.29, 0.717) is 0 Å². The fraction of sp³-hybridized carbons (Fsp3) is 0.375. The van der Waals surface area contributed by atoms with Gasteiger partial charge in [0.2, 0.25) is 0 Å². The quantitative estimate of drug-likeness (QED) is 0.738. The van der Waals surface area contributed by atoms with Crippen LogP contribution in [0.5, 0.6) is 0 Å². The molecule has 0 saturated heterocycles. The molecular formula is C16H20N2O. The second-order valence-corrected chi connectivity index (χ2v) is 5.50. The third kappa shape index (κ3) is 1.81. The molecule has 1 heterocycles. The van der Waals surface area contributed by atoms with Crippen LogP contribution in [0.15, 0.2) is 36.5 Å². The van der Waals surface area contributed by atoms with Crippen molar-refractivity contribution in [3.63, 3.8) is 0 Å². The fourth-order valence-corrected chi connectivity index (χ4v) is 3.28. The summed E-state index contributed by atoms with van der Waals surface area (Å²) in [5.74, 6) is 0.0644. The fourth-order valence-electron chi connectivity index (χ4n) is 3.28. The first-order valence-electron chi connectivity index (χ1n) is 6.73. The Hall–Kier alpha value is -1.58. The number of likely N-dealkylation sites (N-methyl/N-ethyl adjacent to an activating group) is 1. The van der Waals surface area contributed by atoms with E-state index in [1.54, 1.807) is 0 Å². The number of nitrogens with one attached hydrogen (secondary N) is 2. The summed E-state index contributed by atoms with van der Waals surface area (Å²) < 4.78 is 0. The summed E-state index contributed by atoms with van der Waals surface area (Å²) in [6, 6.07) is 6.50. The highest BCUT2D eigenvalue weighted by Gasteiger charge is 2.35. The molecule has 2 aromatic rings. The molecule has 3 rings (SSSR count). The van der Waals surface area contributed by atoms with E-state index in [9.17, 15) is 5.11 Å². The highest BCUT2D eigenvalue weighted by molar-refractivity contribution is 5.88. The molecule has 0 radical (unpaired) electrons. The number of aromatic amines is 1. The lowest BCUT2D eigenvalue weighted by Gasteiger charge is -2.35. The molecule has 0 aliphatic heterocycles. The second kappa shape index (κ2) is 4.51. The van der Waals surface area contributed by atoms with Gasteiger partial charge in [-0.15, -0.1) is 0 Å². The van der Waals surface area contributed by atoms with Crippen molar-refractivity contribution >= 4 is 10.9 Å². The van der Waals surface area contributed by atoms with E-state index in [1.807, 2.05) is 20.0 Å². The SMILES string of the molecule is C=C(C)[C@H](O)[C@@H]1c2cccc3[nH]cc(c23)C[C@H]1NC. The summed E-state index contributed by atoms with van der Waals surface area (Å²) >= 11 is 0. The van der Waals surface area contributed by atoms with E-state index in [-0.39, 0.29) is 12.0 Å². The van der Waals surface area contributed by atoms with Gasteiger partial charge in [0, 0.05) is 29.1 Å². The van der Waals surface area contributed by atoms with Crippen molar-refractivity contribution in [3.05, 3.63) is 47.7 Å². The molecule has 100 valence electrons. The van der Waals surface area contributed by atoms with Crippen LogP contribution in [0.25, 0.3) is 10.9 Å². The number of aliphatic hydroxyl groups excluding tert-OH is 1. The molecule has 3 N–H and O–H groups in total. The molecule has 1 aliphatic rings. The molecule has 0 spiro atoms. The van der Waals surface area contributed by atoms with Crippen molar-refractivity contribution in [2.24, 2.45) is 0 Å². The lowest BCUT2D eigenvalue weighted by molar-refractivity contribution is 0.157. The highest BCUT2D eigenvalue weighted by atomic mass is 16.3. The Bertz CT molecular complexity index is 629. The number of aromatic nitrogens is 1. The topological polar surface area (TPSA) is 48.0 Å².